The molecule has 0 saturated heterocycles. The van der Waals surface area contributed by atoms with Crippen LogP contribution in [0.2, 0.25) is 0 Å². The van der Waals surface area contributed by atoms with E-state index in [1.165, 1.54) is 6.42 Å². The van der Waals surface area contributed by atoms with E-state index in [1.54, 1.807) is 28.0 Å². The van der Waals surface area contributed by atoms with E-state index in [9.17, 15) is 0 Å². The van der Waals surface area contributed by atoms with Crippen molar-refractivity contribution in [3.8, 4) is 0 Å². The molecule has 0 aromatic carbocycles. The van der Waals surface area contributed by atoms with Crippen LogP contribution in [0.4, 0.5) is 0 Å². The van der Waals surface area contributed by atoms with Gasteiger partial charge >= 0.3 is 52.6 Å². The summed E-state index contributed by atoms with van der Waals surface area (Å²) in [5, 5.41) is 0. The summed E-state index contributed by atoms with van der Waals surface area (Å²) in [5.74, 6) is 0.722. The summed E-state index contributed by atoms with van der Waals surface area (Å²) in [6, 6.07) is 0. The van der Waals surface area contributed by atoms with Gasteiger partial charge in [-0.05, 0) is 0 Å². The first kappa shape index (κ1) is 9.65. The fourth-order valence-electron chi connectivity index (χ4n) is 0.447. The van der Waals surface area contributed by atoms with Crippen molar-refractivity contribution < 1.29 is 24.7 Å². The monoisotopic (exact) mass is 219 g/mol. The van der Waals surface area contributed by atoms with Gasteiger partial charge in [0, 0.05) is 5.88 Å². The molecular weight excluding hydrogens is 211 g/mol. The van der Waals surface area contributed by atoms with Crippen LogP contribution in [-0.4, -0.2) is 5.88 Å². The molecule has 0 bridgehead atoms. The molecule has 0 atom stereocenters. The fraction of sp³-hybridized carbons (Fsp3) is 0.429. The molecule has 0 fully saturated rings. The van der Waals surface area contributed by atoms with Gasteiger partial charge in [-0.3, -0.25) is 0 Å². The summed E-state index contributed by atoms with van der Waals surface area (Å²) in [4.78, 5) is 0. The molecule has 0 aliphatic heterocycles. The molecule has 49 valence electrons. The van der Waals surface area contributed by atoms with E-state index in [0.29, 0.717) is 0 Å². The molecule has 0 saturated carbocycles. The summed E-state index contributed by atoms with van der Waals surface area (Å²) in [6.45, 7) is 1.89. The van der Waals surface area contributed by atoms with Crippen LogP contribution in [0, 0.1) is 0 Å². The van der Waals surface area contributed by atoms with Gasteiger partial charge in [0.2, 0.25) is 0 Å². The summed E-state index contributed by atoms with van der Waals surface area (Å²) in [5.41, 5.74) is 0. The molecule has 1 aliphatic carbocycles. The maximum absolute atomic E-state index is 5.00. The first-order valence-corrected chi connectivity index (χ1v) is 4.71. The molecule has 9 heavy (non-hydrogen) atoms. The maximum atomic E-state index is 5.00. The van der Waals surface area contributed by atoms with E-state index in [1.807, 2.05) is 6.92 Å². The quantitative estimate of drug-likeness (QED) is 0.551. The topological polar surface area (TPSA) is 0 Å². The average Bonchev–Trinajstić information content (AvgIpc) is 2.20. The van der Waals surface area contributed by atoms with Crippen LogP contribution in [0.3, 0.4) is 0 Å². The summed E-state index contributed by atoms with van der Waals surface area (Å²) in [7, 11) is 0. The van der Waals surface area contributed by atoms with Gasteiger partial charge in [-0.2, -0.15) is 0 Å². The molecule has 0 radical (unpaired) electrons. The predicted molar refractivity (Wildman–Crippen MR) is 38.2 cm³/mol. The van der Waals surface area contributed by atoms with Crippen molar-refractivity contribution in [3.63, 3.8) is 0 Å². The number of hydrogen-bond acceptors (Lipinski definition) is 0. The number of halogens is 1. The number of rotatable bonds is 0. The molecule has 0 amide bonds. The van der Waals surface area contributed by atoms with Crippen LogP contribution in [0.5, 0.6) is 0 Å². The fourth-order valence-corrected chi connectivity index (χ4v) is 0.973. The Balaban J connectivity index is 0.000000187. The Kier molecular flexibility index (Phi) is 7.26. The third-order valence-corrected chi connectivity index (χ3v) is 1.68. The van der Waals surface area contributed by atoms with Gasteiger partial charge in [-0.15, -0.1) is 11.6 Å². The second kappa shape index (κ2) is 6.77. The van der Waals surface area contributed by atoms with E-state index < -0.39 is 0 Å². The van der Waals surface area contributed by atoms with Gasteiger partial charge in [0.1, 0.15) is 0 Å². The minimum absolute atomic E-state index is 0.722. The first-order valence-electron chi connectivity index (χ1n) is 2.94. The Bertz CT molecular complexity index is 116. The van der Waals surface area contributed by atoms with Crippen molar-refractivity contribution in [2.45, 2.75) is 13.3 Å². The number of hydrogen-bond donors (Lipinski definition) is 0. The van der Waals surface area contributed by atoms with E-state index in [0.717, 1.165) is 5.88 Å². The van der Waals surface area contributed by atoms with Crippen molar-refractivity contribution in [2.24, 2.45) is 0 Å². The standard InChI is InChI=1S/C5H5.C2H5Cl.Zr/c1-2-4-5-3-1;1-2-3;/h1-3H,4H2;2H2,1H3;. The zero-order chi connectivity index (χ0) is 7.11. The Labute approximate surface area is 76.8 Å². The first-order chi connectivity index (χ1) is 4.31. The second-order valence-electron chi connectivity index (χ2n) is 1.59. The summed E-state index contributed by atoms with van der Waals surface area (Å²) < 4.78 is 1.56. The third kappa shape index (κ3) is 6.54. The Morgan fingerprint density at radius 2 is 2.33 bits per heavy atom. The molecular formula is C7H10ClZr. The van der Waals surface area contributed by atoms with E-state index in [-0.39, 0.29) is 0 Å². The normalized spacial score (nSPS) is 14.1. The van der Waals surface area contributed by atoms with Crippen LogP contribution >= 0.6 is 11.6 Å². The van der Waals surface area contributed by atoms with Gasteiger partial charge in [-0.25, -0.2) is 0 Å². The molecule has 0 N–H and O–H groups in total. The van der Waals surface area contributed by atoms with E-state index in [2.05, 4.69) is 18.2 Å². The van der Waals surface area contributed by atoms with Gasteiger partial charge in [0.15, 0.2) is 0 Å². The molecule has 0 spiro atoms. The molecule has 0 aromatic heterocycles. The van der Waals surface area contributed by atoms with Crippen molar-refractivity contribution in [1.29, 1.82) is 0 Å². The second-order valence-corrected chi connectivity index (χ2v) is 3.70. The molecule has 1 rings (SSSR count). The van der Waals surface area contributed by atoms with Gasteiger partial charge in [0.05, 0.1) is 0 Å². The van der Waals surface area contributed by atoms with Crippen LogP contribution in [0.25, 0.3) is 0 Å². The summed E-state index contributed by atoms with van der Waals surface area (Å²) >= 11 is 6.56. The van der Waals surface area contributed by atoms with Crippen molar-refractivity contribution in [1.82, 2.24) is 0 Å². The molecule has 0 aromatic rings. The van der Waals surface area contributed by atoms with Gasteiger partial charge in [0.25, 0.3) is 0 Å². The Morgan fingerprint density at radius 1 is 1.78 bits per heavy atom. The van der Waals surface area contributed by atoms with Gasteiger partial charge < -0.3 is 0 Å². The SMILES string of the molecule is CCCl.[Zr][C]1=CC=CC1. The summed E-state index contributed by atoms with van der Waals surface area (Å²) in [6.07, 6.45) is 7.69. The molecule has 0 heterocycles. The van der Waals surface area contributed by atoms with Gasteiger partial charge in [-0.1, -0.05) is 6.92 Å². The van der Waals surface area contributed by atoms with Crippen LogP contribution in [0.15, 0.2) is 21.5 Å². The molecule has 0 nitrogen and oxygen atoms in total. The molecule has 0 unspecified atom stereocenters. The number of allylic oxidation sites excluding steroid dienone is 4. The molecule has 1 aliphatic rings. The van der Waals surface area contributed by atoms with Crippen molar-refractivity contribution >= 4 is 11.6 Å². The van der Waals surface area contributed by atoms with Crippen LogP contribution in [-0.2, 0) is 24.7 Å². The van der Waals surface area contributed by atoms with E-state index in [4.69, 9.17) is 11.6 Å². The van der Waals surface area contributed by atoms with Crippen LogP contribution in [0.1, 0.15) is 13.3 Å². The number of alkyl halides is 1. The molecule has 2 heteroatoms. The van der Waals surface area contributed by atoms with Crippen molar-refractivity contribution in [2.75, 3.05) is 5.88 Å². The van der Waals surface area contributed by atoms with E-state index >= 15 is 0 Å². The van der Waals surface area contributed by atoms with Crippen LogP contribution < -0.4 is 0 Å². The Morgan fingerprint density at radius 3 is 2.44 bits per heavy atom. The average molecular weight is 221 g/mol. The Hall–Kier alpha value is 0.653. The predicted octanol–water partition coefficient (Wildman–Crippen LogP) is 2.62. The third-order valence-electron chi connectivity index (χ3n) is 0.771. The van der Waals surface area contributed by atoms with Crippen molar-refractivity contribution in [3.05, 3.63) is 21.5 Å². The zero-order valence-corrected chi connectivity index (χ0v) is 8.74. The minimum atomic E-state index is 0.722. The zero-order valence-electron chi connectivity index (χ0n) is 5.52.